The van der Waals surface area contributed by atoms with E-state index in [1.807, 2.05) is 38.4 Å². The van der Waals surface area contributed by atoms with Gasteiger partial charge in [0, 0.05) is 12.1 Å². The van der Waals surface area contributed by atoms with Crippen molar-refractivity contribution < 1.29 is 5.21 Å². The van der Waals surface area contributed by atoms with E-state index in [1.54, 1.807) is 0 Å². The molecular formula is C10H14N2O. The molecule has 0 saturated heterocycles. The molecule has 70 valence electrons. The van der Waals surface area contributed by atoms with E-state index in [1.165, 1.54) is 6.21 Å². The lowest BCUT2D eigenvalue weighted by molar-refractivity contribution is 0.321. The molecule has 1 rings (SSSR count). The van der Waals surface area contributed by atoms with Crippen molar-refractivity contribution >= 4 is 6.21 Å². The van der Waals surface area contributed by atoms with Gasteiger partial charge in [0.2, 0.25) is 0 Å². The van der Waals surface area contributed by atoms with Crippen molar-refractivity contribution in [2.24, 2.45) is 5.16 Å². The van der Waals surface area contributed by atoms with Gasteiger partial charge in [0.1, 0.15) is 0 Å². The lowest BCUT2D eigenvalue weighted by atomic mass is 10.1. The van der Waals surface area contributed by atoms with Crippen LogP contribution in [0.15, 0.2) is 29.4 Å². The molecule has 0 radical (unpaired) electrons. The lowest BCUT2D eigenvalue weighted by Gasteiger charge is -2.11. The summed E-state index contributed by atoms with van der Waals surface area (Å²) in [6.07, 6.45) is 1.46. The maximum Gasteiger partial charge on any atom is 0.0737 e. The van der Waals surface area contributed by atoms with Crippen LogP contribution in [0.2, 0.25) is 0 Å². The standard InChI is InChI=1S/C10H14N2O/c1-12(2)8-10-6-4-3-5-9(10)7-11-13/h3-7,13H,8H2,1-2H3/b11-7+. The minimum Gasteiger partial charge on any atom is -0.411 e. The average molecular weight is 178 g/mol. The van der Waals surface area contributed by atoms with Crippen LogP contribution in [-0.4, -0.2) is 30.4 Å². The zero-order valence-electron chi connectivity index (χ0n) is 7.94. The van der Waals surface area contributed by atoms with Crippen LogP contribution in [0.1, 0.15) is 11.1 Å². The molecule has 0 bridgehead atoms. The largest absolute Gasteiger partial charge is 0.411 e. The summed E-state index contributed by atoms with van der Waals surface area (Å²) in [6.45, 7) is 0.849. The fourth-order valence-corrected chi connectivity index (χ4v) is 1.21. The van der Waals surface area contributed by atoms with Gasteiger partial charge in [-0.3, -0.25) is 0 Å². The first kappa shape index (κ1) is 9.74. The quantitative estimate of drug-likeness (QED) is 0.433. The summed E-state index contributed by atoms with van der Waals surface area (Å²) in [7, 11) is 4.01. The third-order valence-corrected chi connectivity index (χ3v) is 1.74. The normalized spacial score (nSPS) is 11.3. The van der Waals surface area contributed by atoms with Crippen LogP contribution in [-0.2, 0) is 6.54 Å². The van der Waals surface area contributed by atoms with E-state index >= 15 is 0 Å². The molecular weight excluding hydrogens is 164 g/mol. The summed E-state index contributed by atoms with van der Waals surface area (Å²) in [4.78, 5) is 2.07. The Kier molecular flexibility index (Phi) is 3.46. The first-order chi connectivity index (χ1) is 6.24. The van der Waals surface area contributed by atoms with Crippen molar-refractivity contribution in [3.05, 3.63) is 35.4 Å². The fraction of sp³-hybridized carbons (Fsp3) is 0.300. The third kappa shape index (κ3) is 2.87. The fourth-order valence-electron chi connectivity index (χ4n) is 1.21. The monoisotopic (exact) mass is 178 g/mol. The zero-order chi connectivity index (χ0) is 9.68. The van der Waals surface area contributed by atoms with E-state index in [-0.39, 0.29) is 0 Å². The lowest BCUT2D eigenvalue weighted by Crippen LogP contribution is -2.12. The van der Waals surface area contributed by atoms with Gasteiger partial charge in [0.15, 0.2) is 0 Å². The number of rotatable bonds is 3. The molecule has 0 saturated carbocycles. The highest BCUT2D eigenvalue weighted by molar-refractivity contribution is 5.81. The topological polar surface area (TPSA) is 35.8 Å². The smallest absolute Gasteiger partial charge is 0.0737 e. The van der Waals surface area contributed by atoms with E-state index in [2.05, 4.69) is 10.1 Å². The Balaban J connectivity index is 2.90. The second-order valence-corrected chi connectivity index (χ2v) is 3.18. The molecule has 0 heterocycles. The molecule has 0 aliphatic carbocycles. The van der Waals surface area contributed by atoms with Crippen molar-refractivity contribution in [3.63, 3.8) is 0 Å². The van der Waals surface area contributed by atoms with E-state index < -0.39 is 0 Å². The van der Waals surface area contributed by atoms with Crippen molar-refractivity contribution in [2.45, 2.75) is 6.54 Å². The van der Waals surface area contributed by atoms with Gasteiger partial charge in [-0.15, -0.1) is 0 Å². The highest BCUT2D eigenvalue weighted by Crippen LogP contribution is 2.07. The highest BCUT2D eigenvalue weighted by Gasteiger charge is 1.99. The minimum absolute atomic E-state index is 0.849. The Bertz CT molecular complexity index is 295. The van der Waals surface area contributed by atoms with Gasteiger partial charge in [0.05, 0.1) is 6.21 Å². The second kappa shape index (κ2) is 4.62. The second-order valence-electron chi connectivity index (χ2n) is 3.18. The summed E-state index contributed by atoms with van der Waals surface area (Å²) < 4.78 is 0. The van der Waals surface area contributed by atoms with Crippen LogP contribution in [0.4, 0.5) is 0 Å². The van der Waals surface area contributed by atoms with Crippen LogP contribution in [0.3, 0.4) is 0 Å². The molecule has 13 heavy (non-hydrogen) atoms. The predicted octanol–water partition coefficient (Wildman–Crippen LogP) is 1.56. The van der Waals surface area contributed by atoms with Crippen LogP contribution in [0.5, 0.6) is 0 Å². The minimum atomic E-state index is 0.849. The van der Waals surface area contributed by atoms with Crippen LogP contribution in [0.25, 0.3) is 0 Å². The molecule has 1 aromatic rings. The predicted molar refractivity (Wildman–Crippen MR) is 53.2 cm³/mol. The number of nitrogens with zero attached hydrogens (tertiary/aromatic N) is 2. The number of benzene rings is 1. The molecule has 0 fully saturated rings. The number of hydrogen-bond acceptors (Lipinski definition) is 3. The van der Waals surface area contributed by atoms with E-state index in [4.69, 9.17) is 5.21 Å². The van der Waals surface area contributed by atoms with Gasteiger partial charge < -0.3 is 10.1 Å². The number of oxime groups is 1. The molecule has 0 atom stereocenters. The Morgan fingerprint density at radius 2 is 2.08 bits per heavy atom. The molecule has 1 aromatic carbocycles. The van der Waals surface area contributed by atoms with Crippen molar-refractivity contribution in [2.75, 3.05) is 14.1 Å². The molecule has 3 nitrogen and oxygen atoms in total. The summed E-state index contributed by atoms with van der Waals surface area (Å²) in [6, 6.07) is 7.86. The van der Waals surface area contributed by atoms with Gasteiger partial charge in [-0.2, -0.15) is 0 Å². The molecule has 3 heteroatoms. The van der Waals surface area contributed by atoms with E-state index in [0.717, 1.165) is 17.7 Å². The first-order valence-corrected chi connectivity index (χ1v) is 4.14. The van der Waals surface area contributed by atoms with E-state index in [9.17, 15) is 0 Å². The summed E-state index contributed by atoms with van der Waals surface area (Å²) in [5.74, 6) is 0. The average Bonchev–Trinajstić information content (AvgIpc) is 2.08. The number of hydrogen-bond donors (Lipinski definition) is 1. The maximum atomic E-state index is 8.43. The van der Waals surface area contributed by atoms with E-state index in [0.29, 0.717) is 0 Å². The summed E-state index contributed by atoms with van der Waals surface area (Å²) in [5, 5.41) is 11.5. The molecule has 0 aromatic heterocycles. The Hall–Kier alpha value is -1.35. The summed E-state index contributed by atoms with van der Waals surface area (Å²) in [5.41, 5.74) is 2.11. The van der Waals surface area contributed by atoms with Crippen LogP contribution in [0, 0.1) is 0 Å². The SMILES string of the molecule is CN(C)Cc1ccccc1/C=N/O. The van der Waals surface area contributed by atoms with Gasteiger partial charge in [-0.05, 0) is 19.7 Å². The Morgan fingerprint density at radius 3 is 2.69 bits per heavy atom. The molecule has 0 amide bonds. The van der Waals surface area contributed by atoms with Gasteiger partial charge >= 0.3 is 0 Å². The molecule has 0 aliphatic rings. The van der Waals surface area contributed by atoms with Crippen molar-refractivity contribution in [1.29, 1.82) is 0 Å². The third-order valence-electron chi connectivity index (χ3n) is 1.74. The molecule has 0 aliphatic heterocycles. The van der Waals surface area contributed by atoms with Crippen LogP contribution < -0.4 is 0 Å². The Morgan fingerprint density at radius 1 is 1.38 bits per heavy atom. The maximum absolute atomic E-state index is 8.43. The molecule has 0 spiro atoms. The van der Waals surface area contributed by atoms with Crippen LogP contribution >= 0.6 is 0 Å². The van der Waals surface area contributed by atoms with Gasteiger partial charge in [-0.1, -0.05) is 29.4 Å². The van der Waals surface area contributed by atoms with Gasteiger partial charge in [0.25, 0.3) is 0 Å². The molecule has 0 unspecified atom stereocenters. The first-order valence-electron chi connectivity index (χ1n) is 4.14. The van der Waals surface area contributed by atoms with Crippen molar-refractivity contribution in [3.8, 4) is 0 Å². The van der Waals surface area contributed by atoms with Gasteiger partial charge in [-0.25, -0.2) is 0 Å². The Labute approximate surface area is 78.3 Å². The zero-order valence-corrected chi connectivity index (χ0v) is 7.94. The van der Waals surface area contributed by atoms with Crippen molar-refractivity contribution in [1.82, 2.24) is 4.90 Å². The molecule has 1 N–H and O–H groups in total. The highest BCUT2D eigenvalue weighted by atomic mass is 16.4. The summed E-state index contributed by atoms with van der Waals surface area (Å²) >= 11 is 0.